The SMILES string of the molecule is CCN(CC)c1ncc(-c2ccc(F)cc2)c(N)n1. The molecule has 2 N–H and O–H groups in total. The zero-order valence-corrected chi connectivity index (χ0v) is 11.1. The molecule has 1 aromatic heterocycles. The van der Waals surface area contributed by atoms with Crippen molar-refractivity contribution in [3.63, 3.8) is 0 Å². The minimum Gasteiger partial charge on any atom is -0.383 e. The fraction of sp³-hybridized carbons (Fsp3) is 0.286. The molecule has 4 nitrogen and oxygen atoms in total. The molecular weight excluding hydrogens is 243 g/mol. The Bertz CT molecular complexity index is 550. The molecule has 0 unspecified atom stereocenters. The van der Waals surface area contributed by atoms with Crippen LogP contribution in [0.5, 0.6) is 0 Å². The molecule has 0 aliphatic carbocycles. The van der Waals surface area contributed by atoms with Crippen LogP contribution in [0.25, 0.3) is 11.1 Å². The Morgan fingerprint density at radius 1 is 1.16 bits per heavy atom. The number of aromatic nitrogens is 2. The fourth-order valence-corrected chi connectivity index (χ4v) is 1.90. The second-order valence-electron chi connectivity index (χ2n) is 4.15. The van der Waals surface area contributed by atoms with E-state index < -0.39 is 0 Å². The summed E-state index contributed by atoms with van der Waals surface area (Å²) in [6.07, 6.45) is 1.68. The van der Waals surface area contributed by atoms with Gasteiger partial charge in [-0.25, -0.2) is 9.37 Å². The standard InChI is InChI=1S/C14H17FN4/c1-3-19(4-2)14-17-9-12(13(16)18-14)10-5-7-11(15)8-6-10/h5-9H,3-4H2,1-2H3,(H2,16,17,18). The van der Waals surface area contributed by atoms with Gasteiger partial charge in [-0.2, -0.15) is 4.98 Å². The highest BCUT2D eigenvalue weighted by Crippen LogP contribution is 2.25. The number of nitrogen functional groups attached to an aromatic ring is 1. The molecular formula is C14H17FN4. The van der Waals surface area contributed by atoms with Crippen molar-refractivity contribution in [2.24, 2.45) is 0 Å². The summed E-state index contributed by atoms with van der Waals surface area (Å²) in [6, 6.07) is 6.13. The topological polar surface area (TPSA) is 55.0 Å². The van der Waals surface area contributed by atoms with Crippen molar-refractivity contribution in [3.8, 4) is 11.1 Å². The number of halogens is 1. The van der Waals surface area contributed by atoms with Crippen molar-refractivity contribution in [2.75, 3.05) is 23.7 Å². The Hall–Kier alpha value is -2.17. The molecule has 2 rings (SSSR count). The van der Waals surface area contributed by atoms with E-state index in [4.69, 9.17) is 5.73 Å². The van der Waals surface area contributed by atoms with Crippen LogP contribution in [0.2, 0.25) is 0 Å². The van der Waals surface area contributed by atoms with Gasteiger partial charge < -0.3 is 10.6 Å². The highest BCUT2D eigenvalue weighted by atomic mass is 19.1. The third-order valence-electron chi connectivity index (χ3n) is 3.01. The molecule has 0 aliphatic heterocycles. The van der Waals surface area contributed by atoms with E-state index in [1.807, 2.05) is 18.7 Å². The maximum atomic E-state index is 12.9. The average molecular weight is 260 g/mol. The van der Waals surface area contributed by atoms with Gasteiger partial charge in [0.1, 0.15) is 11.6 Å². The number of benzene rings is 1. The first-order valence-corrected chi connectivity index (χ1v) is 6.29. The summed E-state index contributed by atoms with van der Waals surface area (Å²) in [7, 11) is 0. The number of rotatable bonds is 4. The van der Waals surface area contributed by atoms with E-state index in [1.54, 1.807) is 18.3 Å². The van der Waals surface area contributed by atoms with E-state index in [-0.39, 0.29) is 5.82 Å². The lowest BCUT2D eigenvalue weighted by molar-refractivity contribution is 0.628. The van der Waals surface area contributed by atoms with Crippen LogP contribution in [0.15, 0.2) is 30.5 Å². The van der Waals surface area contributed by atoms with Crippen molar-refractivity contribution < 1.29 is 4.39 Å². The summed E-state index contributed by atoms with van der Waals surface area (Å²) in [4.78, 5) is 10.7. The smallest absolute Gasteiger partial charge is 0.227 e. The Balaban J connectivity index is 2.36. The van der Waals surface area contributed by atoms with Gasteiger partial charge in [0.2, 0.25) is 5.95 Å². The molecule has 0 radical (unpaired) electrons. The van der Waals surface area contributed by atoms with Crippen molar-refractivity contribution >= 4 is 11.8 Å². The number of nitrogens with zero attached hydrogens (tertiary/aromatic N) is 3. The molecule has 0 fully saturated rings. The molecule has 0 atom stereocenters. The van der Waals surface area contributed by atoms with Crippen LogP contribution in [0.1, 0.15) is 13.8 Å². The molecule has 5 heteroatoms. The summed E-state index contributed by atoms with van der Waals surface area (Å²) in [5, 5.41) is 0. The van der Waals surface area contributed by atoms with Crippen LogP contribution < -0.4 is 10.6 Å². The molecule has 0 saturated carbocycles. The average Bonchev–Trinajstić information content (AvgIpc) is 2.42. The Morgan fingerprint density at radius 2 is 1.79 bits per heavy atom. The van der Waals surface area contributed by atoms with E-state index in [9.17, 15) is 4.39 Å². The van der Waals surface area contributed by atoms with Crippen molar-refractivity contribution in [1.82, 2.24) is 9.97 Å². The third kappa shape index (κ3) is 2.81. The van der Waals surface area contributed by atoms with E-state index in [0.29, 0.717) is 11.8 Å². The summed E-state index contributed by atoms with van der Waals surface area (Å²) < 4.78 is 12.9. The zero-order valence-electron chi connectivity index (χ0n) is 11.1. The van der Waals surface area contributed by atoms with E-state index >= 15 is 0 Å². The van der Waals surface area contributed by atoms with E-state index in [0.717, 1.165) is 24.2 Å². The molecule has 2 aromatic rings. The lowest BCUT2D eigenvalue weighted by Crippen LogP contribution is -2.24. The normalized spacial score (nSPS) is 10.5. The van der Waals surface area contributed by atoms with Gasteiger partial charge in [-0.3, -0.25) is 0 Å². The summed E-state index contributed by atoms with van der Waals surface area (Å²) in [5.74, 6) is 0.750. The molecule has 0 aliphatic rings. The lowest BCUT2D eigenvalue weighted by atomic mass is 10.1. The Kier molecular flexibility index (Phi) is 3.94. The fourth-order valence-electron chi connectivity index (χ4n) is 1.90. The molecule has 0 spiro atoms. The van der Waals surface area contributed by atoms with Crippen LogP contribution >= 0.6 is 0 Å². The van der Waals surface area contributed by atoms with Gasteiger partial charge in [-0.15, -0.1) is 0 Å². The van der Waals surface area contributed by atoms with Crippen LogP contribution in [0.4, 0.5) is 16.2 Å². The second-order valence-corrected chi connectivity index (χ2v) is 4.15. The number of hydrogen-bond acceptors (Lipinski definition) is 4. The first-order chi connectivity index (χ1) is 9.15. The third-order valence-corrected chi connectivity index (χ3v) is 3.01. The van der Waals surface area contributed by atoms with Gasteiger partial charge >= 0.3 is 0 Å². The molecule has 1 heterocycles. The molecule has 0 saturated heterocycles. The maximum absolute atomic E-state index is 12.9. The van der Waals surface area contributed by atoms with Crippen molar-refractivity contribution in [2.45, 2.75) is 13.8 Å². The molecule has 0 bridgehead atoms. The van der Waals surface area contributed by atoms with Gasteiger partial charge in [0.25, 0.3) is 0 Å². The largest absolute Gasteiger partial charge is 0.383 e. The lowest BCUT2D eigenvalue weighted by Gasteiger charge is -2.19. The van der Waals surface area contributed by atoms with E-state index in [1.165, 1.54) is 12.1 Å². The Labute approximate surface area is 112 Å². The summed E-state index contributed by atoms with van der Waals surface area (Å²) >= 11 is 0. The predicted octanol–water partition coefficient (Wildman–Crippen LogP) is 2.71. The van der Waals surface area contributed by atoms with Gasteiger partial charge in [0.05, 0.1) is 0 Å². The predicted molar refractivity (Wildman–Crippen MR) is 75.4 cm³/mol. The summed E-state index contributed by atoms with van der Waals surface area (Å²) in [6.45, 7) is 5.73. The highest BCUT2D eigenvalue weighted by molar-refractivity contribution is 5.73. The van der Waals surface area contributed by atoms with E-state index in [2.05, 4.69) is 9.97 Å². The van der Waals surface area contributed by atoms with Crippen LogP contribution in [0.3, 0.4) is 0 Å². The summed E-state index contributed by atoms with van der Waals surface area (Å²) in [5.41, 5.74) is 7.50. The Morgan fingerprint density at radius 3 is 2.32 bits per heavy atom. The number of hydrogen-bond donors (Lipinski definition) is 1. The van der Waals surface area contributed by atoms with Gasteiger partial charge in [0, 0.05) is 24.8 Å². The van der Waals surface area contributed by atoms with Gasteiger partial charge in [-0.1, -0.05) is 12.1 Å². The zero-order chi connectivity index (χ0) is 13.8. The highest BCUT2D eigenvalue weighted by Gasteiger charge is 2.10. The molecule has 19 heavy (non-hydrogen) atoms. The van der Waals surface area contributed by atoms with Gasteiger partial charge in [-0.05, 0) is 31.5 Å². The quantitative estimate of drug-likeness (QED) is 0.918. The van der Waals surface area contributed by atoms with Crippen LogP contribution in [-0.4, -0.2) is 23.1 Å². The first kappa shape index (κ1) is 13.3. The van der Waals surface area contributed by atoms with Gasteiger partial charge in [0.15, 0.2) is 0 Å². The molecule has 0 amide bonds. The van der Waals surface area contributed by atoms with Crippen molar-refractivity contribution in [1.29, 1.82) is 0 Å². The second kappa shape index (κ2) is 5.65. The number of nitrogens with two attached hydrogens (primary N) is 1. The van der Waals surface area contributed by atoms with Crippen LogP contribution in [0, 0.1) is 5.82 Å². The minimum absolute atomic E-state index is 0.275. The number of anilines is 2. The van der Waals surface area contributed by atoms with Crippen molar-refractivity contribution in [3.05, 3.63) is 36.3 Å². The monoisotopic (exact) mass is 260 g/mol. The maximum Gasteiger partial charge on any atom is 0.227 e. The minimum atomic E-state index is -0.275. The first-order valence-electron chi connectivity index (χ1n) is 6.29. The molecule has 100 valence electrons. The van der Waals surface area contributed by atoms with Crippen LogP contribution in [-0.2, 0) is 0 Å². The molecule has 1 aromatic carbocycles.